The molecule has 5 heteroatoms. The molecule has 0 heterocycles. The van der Waals surface area contributed by atoms with Gasteiger partial charge in [0.05, 0.1) is 16.6 Å². The monoisotopic (exact) mass is 548 g/mol. The Hall–Kier alpha value is -0.800. The molecule has 2 aromatic rings. The Labute approximate surface area is 165 Å². The van der Waals surface area contributed by atoms with E-state index in [1.54, 1.807) is 17.6 Å². The number of rotatable bonds is 6. The van der Waals surface area contributed by atoms with Crippen molar-refractivity contribution < 1.29 is 9.00 Å². The standard InChI is InChI=1S/C18H14I2O2S/c19-16-6-1-14(2-7-16)5-10-18(21)13-23(22)12-11-15-3-8-17(20)9-4-15/h1-12H,13H2/b10-5+,12-11?. The zero-order valence-electron chi connectivity index (χ0n) is 12.1. The van der Waals surface area contributed by atoms with Gasteiger partial charge in [0.25, 0.3) is 0 Å². The van der Waals surface area contributed by atoms with Crippen LogP contribution in [0.15, 0.2) is 60.0 Å². The highest BCUT2D eigenvalue weighted by Crippen LogP contribution is 2.09. The molecule has 0 saturated heterocycles. The molecule has 0 amide bonds. The maximum Gasteiger partial charge on any atom is 0.168 e. The molecule has 0 spiro atoms. The minimum atomic E-state index is -1.30. The molecule has 0 bridgehead atoms. The molecule has 0 N–H and O–H groups in total. The first-order valence-corrected chi connectivity index (χ1v) is 10.3. The van der Waals surface area contributed by atoms with Crippen LogP contribution in [-0.4, -0.2) is 15.7 Å². The fraction of sp³-hybridized carbons (Fsp3) is 0.0556. The molecule has 0 aliphatic heterocycles. The van der Waals surface area contributed by atoms with E-state index in [9.17, 15) is 9.00 Å². The van der Waals surface area contributed by atoms with Gasteiger partial charge >= 0.3 is 0 Å². The summed E-state index contributed by atoms with van der Waals surface area (Å²) in [6.07, 6.45) is 5.01. The molecule has 118 valence electrons. The molecule has 0 fully saturated rings. The van der Waals surface area contributed by atoms with Crippen molar-refractivity contribution >= 4 is 73.9 Å². The second-order valence-electron chi connectivity index (χ2n) is 4.73. The number of carbonyl (C=O) groups is 1. The average Bonchev–Trinajstić information content (AvgIpc) is 2.54. The van der Waals surface area contributed by atoms with E-state index in [1.807, 2.05) is 48.5 Å². The van der Waals surface area contributed by atoms with Crippen LogP contribution in [0.5, 0.6) is 0 Å². The predicted octanol–water partition coefficient (Wildman–Crippen LogP) is 4.90. The molecule has 0 aromatic heterocycles. The molecule has 0 radical (unpaired) electrons. The maximum absolute atomic E-state index is 11.9. The van der Waals surface area contributed by atoms with E-state index < -0.39 is 10.8 Å². The van der Waals surface area contributed by atoms with Gasteiger partial charge in [0.1, 0.15) is 0 Å². The summed E-state index contributed by atoms with van der Waals surface area (Å²) in [5.74, 6) is -0.143. The third kappa shape index (κ3) is 7.09. The number of carbonyl (C=O) groups excluding carboxylic acids is 1. The molecule has 0 aliphatic rings. The molecule has 0 saturated carbocycles. The van der Waals surface area contributed by atoms with Crippen LogP contribution in [0.2, 0.25) is 0 Å². The minimum Gasteiger partial charge on any atom is -0.294 e. The van der Waals surface area contributed by atoms with Crippen LogP contribution < -0.4 is 0 Å². The molecule has 1 unspecified atom stereocenters. The van der Waals surface area contributed by atoms with Crippen molar-refractivity contribution in [1.82, 2.24) is 0 Å². The van der Waals surface area contributed by atoms with Crippen molar-refractivity contribution in [2.75, 3.05) is 5.75 Å². The van der Waals surface area contributed by atoms with Crippen molar-refractivity contribution in [1.29, 1.82) is 0 Å². The van der Waals surface area contributed by atoms with Crippen LogP contribution in [0.1, 0.15) is 11.1 Å². The first-order valence-electron chi connectivity index (χ1n) is 6.80. The van der Waals surface area contributed by atoms with E-state index in [-0.39, 0.29) is 11.5 Å². The molecular weight excluding hydrogens is 534 g/mol. The van der Waals surface area contributed by atoms with Crippen LogP contribution in [0.25, 0.3) is 12.2 Å². The fourth-order valence-electron chi connectivity index (χ4n) is 1.73. The second-order valence-corrected chi connectivity index (χ2v) is 8.54. The smallest absolute Gasteiger partial charge is 0.168 e. The maximum atomic E-state index is 11.9. The summed E-state index contributed by atoms with van der Waals surface area (Å²) < 4.78 is 14.2. The van der Waals surface area contributed by atoms with Gasteiger partial charge in [-0.15, -0.1) is 0 Å². The van der Waals surface area contributed by atoms with E-state index >= 15 is 0 Å². The summed E-state index contributed by atoms with van der Waals surface area (Å²) in [5.41, 5.74) is 1.93. The zero-order chi connectivity index (χ0) is 16.7. The van der Waals surface area contributed by atoms with Crippen LogP contribution in [0.4, 0.5) is 0 Å². The Morgan fingerprint density at radius 1 is 0.870 bits per heavy atom. The lowest BCUT2D eigenvalue weighted by Gasteiger charge is -1.96. The lowest BCUT2D eigenvalue weighted by molar-refractivity contribution is -0.112. The normalized spacial score (nSPS) is 12.8. The highest BCUT2D eigenvalue weighted by atomic mass is 127. The summed E-state index contributed by atoms with van der Waals surface area (Å²) in [5, 5.41) is 1.57. The Bertz CT molecular complexity index is 682. The molecule has 2 nitrogen and oxygen atoms in total. The zero-order valence-corrected chi connectivity index (χ0v) is 17.2. The lowest BCUT2D eigenvalue weighted by atomic mass is 10.2. The van der Waals surface area contributed by atoms with E-state index in [4.69, 9.17) is 0 Å². The van der Waals surface area contributed by atoms with Gasteiger partial charge in [-0.25, -0.2) is 0 Å². The Kier molecular flexibility index (Phi) is 7.64. The Morgan fingerprint density at radius 3 is 1.87 bits per heavy atom. The number of hydrogen-bond donors (Lipinski definition) is 0. The van der Waals surface area contributed by atoms with Gasteiger partial charge in [-0.3, -0.25) is 9.00 Å². The molecular formula is C18H14I2O2S. The van der Waals surface area contributed by atoms with E-state index in [2.05, 4.69) is 45.2 Å². The molecule has 0 aliphatic carbocycles. The first kappa shape index (κ1) is 18.5. The van der Waals surface area contributed by atoms with Gasteiger partial charge in [0, 0.05) is 12.5 Å². The van der Waals surface area contributed by atoms with E-state index in [0.29, 0.717) is 0 Å². The number of ketones is 1. The topological polar surface area (TPSA) is 34.1 Å². The van der Waals surface area contributed by atoms with Gasteiger partial charge in [-0.05, 0) is 92.7 Å². The van der Waals surface area contributed by atoms with Gasteiger partial charge in [0.15, 0.2) is 5.78 Å². The molecule has 1 atom stereocenters. The molecule has 2 rings (SSSR count). The average molecular weight is 548 g/mol. The summed E-state index contributed by atoms with van der Waals surface area (Å²) >= 11 is 4.46. The van der Waals surface area contributed by atoms with Crippen molar-refractivity contribution in [3.05, 3.63) is 78.3 Å². The minimum absolute atomic E-state index is 0.00172. The van der Waals surface area contributed by atoms with E-state index in [0.717, 1.165) is 18.3 Å². The quantitative estimate of drug-likeness (QED) is 0.381. The lowest BCUT2D eigenvalue weighted by Crippen LogP contribution is -2.05. The highest BCUT2D eigenvalue weighted by Gasteiger charge is 2.02. The summed E-state index contributed by atoms with van der Waals surface area (Å²) in [6, 6.07) is 15.7. The van der Waals surface area contributed by atoms with Gasteiger partial charge < -0.3 is 0 Å². The van der Waals surface area contributed by atoms with Crippen LogP contribution in [0, 0.1) is 7.14 Å². The third-order valence-corrected chi connectivity index (χ3v) is 5.35. The number of halogens is 2. The van der Waals surface area contributed by atoms with Crippen LogP contribution >= 0.6 is 45.2 Å². The highest BCUT2D eigenvalue weighted by molar-refractivity contribution is 14.1. The first-order chi connectivity index (χ1) is 11.0. The number of benzene rings is 2. The number of hydrogen-bond acceptors (Lipinski definition) is 2. The van der Waals surface area contributed by atoms with Crippen molar-refractivity contribution in [3.8, 4) is 0 Å². The van der Waals surface area contributed by atoms with Crippen LogP contribution in [0.3, 0.4) is 0 Å². The fourth-order valence-corrected chi connectivity index (χ4v) is 3.23. The van der Waals surface area contributed by atoms with Crippen LogP contribution in [-0.2, 0) is 15.6 Å². The molecule has 23 heavy (non-hydrogen) atoms. The van der Waals surface area contributed by atoms with Crippen molar-refractivity contribution in [3.63, 3.8) is 0 Å². The predicted molar refractivity (Wildman–Crippen MR) is 114 cm³/mol. The van der Waals surface area contributed by atoms with Gasteiger partial charge in [0.2, 0.25) is 0 Å². The van der Waals surface area contributed by atoms with E-state index in [1.165, 1.54) is 6.08 Å². The molecule has 2 aromatic carbocycles. The Balaban J connectivity index is 1.88. The SMILES string of the molecule is O=C(/C=C/c1ccc(I)cc1)CS(=O)C=Cc1ccc(I)cc1. The summed E-state index contributed by atoms with van der Waals surface area (Å²) in [4.78, 5) is 11.8. The van der Waals surface area contributed by atoms with Gasteiger partial charge in [-0.1, -0.05) is 30.3 Å². The largest absolute Gasteiger partial charge is 0.294 e. The third-order valence-electron chi connectivity index (χ3n) is 2.90. The summed E-state index contributed by atoms with van der Waals surface area (Å²) in [7, 11) is -1.30. The summed E-state index contributed by atoms with van der Waals surface area (Å²) in [6.45, 7) is 0. The second kappa shape index (κ2) is 9.48. The van der Waals surface area contributed by atoms with Crippen molar-refractivity contribution in [2.45, 2.75) is 0 Å². The number of allylic oxidation sites excluding steroid dienone is 1. The Morgan fingerprint density at radius 2 is 1.35 bits per heavy atom. The van der Waals surface area contributed by atoms with Gasteiger partial charge in [-0.2, -0.15) is 0 Å². The van der Waals surface area contributed by atoms with Crippen molar-refractivity contribution in [2.24, 2.45) is 0 Å².